The van der Waals surface area contributed by atoms with Crippen molar-refractivity contribution in [1.82, 2.24) is 10.1 Å². The number of anilines is 1. The summed E-state index contributed by atoms with van der Waals surface area (Å²) in [5.41, 5.74) is 0.563. The predicted octanol–water partition coefficient (Wildman–Crippen LogP) is 6.94. The maximum Gasteiger partial charge on any atom is 0.422 e. The molecule has 2 aliphatic rings. The molecule has 5 rings (SSSR count). The number of halogens is 3. The van der Waals surface area contributed by atoms with Gasteiger partial charge in [-0.15, -0.1) is 0 Å². The number of nitrogens with one attached hydrogen (secondary N) is 1. The number of alkyl halides is 3. The number of aryl methyl sites for hydroxylation is 1. The number of amides is 1. The molecule has 2 heterocycles. The van der Waals surface area contributed by atoms with Crippen molar-refractivity contribution in [2.45, 2.75) is 88.9 Å². The number of aliphatic imine (C=N–C) groups is 1. The normalized spacial score (nSPS) is 16.5. The average Bonchev–Trinajstić information content (AvgIpc) is 3.66. The summed E-state index contributed by atoms with van der Waals surface area (Å²) in [5.74, 6) is 0.903. The lowest BCUT2D eigenvalue weighted by Gasteiger charge is -2.23. The molecular weight excluding hydrogens is 597 g/mol. The Labute approximate surface area is 254 Å². The summed E-state index contributed by atoms with van der Waals surface area (Å²) >= 11 is 0. The number of hydrogen-bond donors (Lipinski definition) is 1. The Morgan fingerprint density at radius 1 is 1.09 bits per heavy atom. The third kappa shape index (κ3) is 6.47. The van der Waals surface area contributed by atoms with E-state index in [0.717, 1.165) is 25.7 Å². The number of nitrogens with zero attached hydrogens (tertiary/aromatic N) is 3. The van der Waals surface area contributed by atoms with E-state index in [1.807, 2.05) is 0 Å². The molecule has 2 aromatic carbocycles. The molecule has 13 heteroatoms. The lowest BCUT2D eigenvalue weighted by molar-refractivity contribution is -0.153. The summed E-state index contributed by atoms with van der Waals surface area (Å²) in [6.07, 6.45) is 0.968. The number of hydrogen-bond acceptors (Lipinski definition) is 7. The number of rotatable bonds is 11. The number of unbranched alkanes of at least 4 members (excludes halogenated alkanes) is 1. The van der Waals surface area contributed by atoms with E-state index < -0.39 is 28.3 Å². The maximum atomic E-state index is 13.6. The highest BCUT2D eigenvalue weighted by Crippen LogP contribution is 2.41. The highest BCUT2D eigenvalue weighted by molar-refractivity contribution is 7.92. The Morgan fingerprint density at radius 3 is 2.48 bits per heavy atom. The van der Waals surface area contributed by atoms with Gasteiger partial charge in [-0.25, -0.2) is 8.42 Å². The van der Waals surface area contributed by atoms with Crippen LogP contribution in [0.25, 0.3) is 11.1 Å². The maximum absolute atomic E-state index is 13.6. The summed E-state index contributed by atoms with van der Waals surface area (Å²) in [5, 5.41) is 3.76. The van der Waals surface area contributed by atoms with Gasteiger partial charge in [-0.05, 0) is 50.8 Å². The summed E-state index contributed by atoms with van der Waals surface area (Å²) < 4.78 is 79.7. The molecule has 1 fully saturated rings. The van der Waals surface area contributed by atoms with E-state index in [1.165, 1.54) is 30.3 Å². The van der Waals surface area contributed by atoms with Crippen molar-refractivity contribution < 1.29 is 35.6 Å². The van der Waals surface area contributed by atoms with E-state index >= 15 is 0 Å². The van der Waals surface area contributed by atoms with Crippen molar-refractivity contribution in [2.75, 3.05) is 11.3 Å². The van der Waals surface area contributed by atoms with Crippen LogP contribution in [0.2, 0.25) is 0 Å². The zero-order chi connectivity index (χ0) is 31.7. The van der Waals surface area contributed by atoms with Crippen molar-refractivity contribution in [1.29, 1.82) is 0 Å². The van der Waals surface area contributed by atoms with Gasteiger partial charge in [0, 0.05) is 23.1 Å². The molecule has 9 nitrogen and oxygen atoms in total. The molecule has 1 aliphatic carbocycles. The molecule has 1 aliphatic heterocycles. The topological polar surface area (TPSA) is 114 Å². The van der Waals surface area contributed by atoms with Gasteiger partial charge < -0.3 is 9.26 Å². The van der Waals surface area contributed by atoms with Gasteiger partial charge in [0.15, 0.2) is 12.4 Å². The highest BCUT2D eigenvalue weighted by atomic mass is 32.2. The fourth-order valence-corrected chi connectivity index (χ4v) is 6.95. The number of sulfonamides is 1. The van der Waals surface area contributed by atoms with E-state index in [-0.39, 0.29) is 40.0 Å². The first-order valence-corrected chi connectivity index (χ1v) is 16.1. The second kappa shape index (κ2) is 12.3. The second-order valence-electron chi connectivity index (χ2n) is 11.3. The first kappa shape index (κ1) is 31.6. The standard InChI is InChI=1S/C31H35F3N4O5S/c1-4-5-12-27-35-30(15-8-9-16-30)29(39)38(27)18-22-13-14-23(25(17-22)42-19-31(32,33)34)24-10-6-7-11-26(24)44(40,41)37-28-20(2)21(3)43-36-28/h6-7,10-11,13-14,17H,4-5,8-9,12,15-16,18-19H2,1-3H3,(H,36,37). The van der Waals surface area contributed by atoms with Gasteiger partial charge in [-0.1, -0.05) is 61.7 Å². The number of amidine groups is 1. The Morgan fingerprint density at radius 2 is 1.82 bits per heavy atom. The van der Waals surface area contributed by atoms with Gasteiger partial charge in [0.2, 0.25) is 0 Å². The number of ether oxygens (including phenoxy) is 1. The van der Waals surface area contributed by atoms with E-state index in [4.69, 9.17) is 14.3 Å². The van der Waals surface area contributed by atoms with Gasteiger partial charge in [0.05, 0.1) is 11.4 Å². The van der Waals surface area contributed by atoms with Crippen molar-refractivity contribution in [3.63, 3.8) is 0 Å². The summed E-state index contributed by atoms with van der Waals surface area (Å²) in [4.78, 5) is 20.0. The molecule has 1 amide bonds. The molecule has 1 saturated carbocycles. The molecule has 0 bridgehead atoms. The zero-order valence-corrected chi connectivity index (χ0v) is 25.6. The molecule has 0 unspecified atom stereocenters. The molecule has 44 heavy (non-hydrogen) atoms. The van der Waals surface area contributed by atoms with Gasteiger partial charge in [0.1, 0.15) is 22.9 Å². The molecule has 1 spiro atoms. The lowest BCUT2D eigenvalue weighted by Crippen LogP contribution is -2.40. The Hall–Kier alpha value is -3.87. The molecule has 0 atom stereocenters. The minimum atomic E-state index is -4.64. The number of benzene rings is 2. The van der Waals surface area contributed by atoms with Crippen LogP contribution in [0.5, 0.6) is 5.75 Å². The van der Waals surface area contributed by atoms with Crippen LogP contribution in [-0.2, 0) is 21.4 Å². The first-order chi connectivity index (χ1) is 20.8. The largest absolute Gasteiger partial charge is 0.483 e. The number of carbonyl (C=O) groups is 1. The molecule has 0 radical (unpaired) electrons. The van der Waals surface area contributed by atoms with Crippen molar-refractivity contribution in [3.05, 3.63) is 59.4 Å². The molecule has 0 saturated heterocycles. The van der Waals surface area contributed by atoms with E-state index in [0.29, 0.717) is 42.0 Å². The predicted molar refractivity (Wildman–Crippen MR) is 159 cm³/mol. The first-order valence-electron chi connectivity index (χ1n) is 14.6. The third-order valence-electron chi connectivity index (χ3n) is 8.12. The van der Waals surface area contributed by atoms with E-state index in [9.17, 15) is 26.4 Å². The van der Waals surface area contributed by atoms with Crippen molar-refractivity contribution in [2.24, 2.45) is 4.99 Å². The van der Waals surface area contributed by atoms with E-state index in [1.54, 1.807) is 30.9 Å². The van der Waals surface area contributed by atoms with Gasteiger partial charge in [0.25, 0.3) is 15.9 Å². The van der Waals surface area contributed by atoms with Crippen LogP contribution < -0.4 is 9.46 Å². The monoisotopic (exact) mass is 632 g/mol. The van der Waals surface area contributed by atoms with Crippen LogP contribution in [0.15, 0.2) is 56.9 Å². The van der Waals surface area contributed by atoms with Crippen LogP contribution >= 0.6 is 0 Å². The third-order valence-corrected chi connectivity index (χ3v) is 9.51. The number of carbonyl (C=O) groups excluding carboxylic acids is 1. The SMILES string of the molecule is CCCCC1=NC2(CCCC2)C(=O)N1Cc1ccc(-c2ccccc2S(=O)(=O)Nc2noc(C)c2C)c(OCC(F)(F)F)c1. The van der Waals surface area contributed by atoms with Crippen molar-refractivity contribution >= 4 is 27.6 Å². The second-order valence-corrected chi connectivity index (χ2v) is 13.0. The summed E-state index contributed by atoms with van der Waals surface area (Å²) in [6.45, 7) is 3.87. The fourth-order valence-electron chi connectivity index (χ4n) is 5.67. The molecule has 236 valence electrons. The molecule has 1 aromatic heterocycles. The van der Waals surface area contributed by atoms with Crippen LogP contribution in [0.3, 0.4) is 0 Å². The average molecular weight is 633 g/mol. The highest BCUT2D eigenvalue weighted by Gasteiger charge is 2.49. The van der Waals surface area contributed by atoms with E-state index in [2.05, 4.69) is 16.8 Å². The lowest BCUT2D eigenvalue weighted by atomic mass is 9.98. The van der Waals surface area contributed by atoms with Gasteiger partial charge in [-0.3, -0.25) is 19.4 Å². The summed E-state index contributed by atoms with van der Waals surface area (Å²) in [7, 11) is -4.25. The minimum Gasteiger partial charge on any atom is -0.483 e. The smallest absolute Gasteiger partial charge is 0.422 e. The van der Waals surface area contributed by atoms with Crippen LogP contribution in [0.4, 0.5) is 19.0 Å². The Kier molecular flexibility index (Phi) is 8.79. The fraction of sp³-hybridized carbons (Fsp3) is 0.452. The number of aromatic nitrogens is 1. The Bertz CT molecular complexity index is 1680. The van der Waals surface area contributed by atoms with Crippen LogP contribution in [0.1, 0.15) is 68.8 Å². The van der Waals surface area contributed by atoms with Gasteiger partial charge >= 0.3 is 6.18 Å². The van der Waals surface area contributed by atoms with Crippen molar-refractivity contribution in [3.8, 4) is 16.9 Å². The molecule has 3 aromatic rings. The van der Waals surface area contributed by atoms with Crippen LogP contribution in [-0.4, -0.2) is 48.5 Å². The zero-order valence-electron chi connectivity index (χ0n) is 24.8. The molecular formula is C31H35F3N4O5S. The quantitative estimate of drug-likeness (QED) is 0.245. The Balaban J connectivity index is 1.51. The van der Waals surface area contributed by atoms with Gasteiger partial charge in [-0.2, -0.15) is 13.2 Å². The summed E-state index contributed by atoms with van der Waals surface area (Å²) in [6, 6.07) is 10.6. The molecule has 1 N–H and O–H groups in total. The minimum absolute atomic E-state index is 0.0112. The van der Waals surface area contributed by atoms with Crippen LogP contribution in [0, 0.1) is 13.8 Å².